The quantitative estimate of drug-likeness (QED) is 0.850. The molecule has 2 heterocycles. The Balaban J connectivity index is 1.52. The Morgan fingerprint density at radius 3 is 2.48 bits per heavy atom. The number of piperidine rings is 1. The van der Waals surface area contributed by atoms with Crippen LogP contribution in [0.2, 0.25) is 0 Å². The van der Waals surface area contributed by atoms with E-state index in [-0.39, 0.29) is 11.8 Å². The Labute approximate surface area is 161 Å². The Morgan fingerprint density at radius 2 is 1.85 bits per heavy atom. The molecule has 0 atom stereocenters. The minimum atomic E-state index is 0.0728. The fourth-order valence-corrected chi connectivity index (χ4v) is 3.49. The summed E-state index contributed by atoms with van der Waals surface area (Å²) < 4.78 is 0. The second kappa shape index (κ2) is 8.84. The predicted molar refractivity (Wildman–Crippen MR) is 109 cm³/mol. The molecule has 2 aromatic rings. The van der Waals surface area contributed by atoms with E-state index in [2.05, 4.69) is 51.4 Å². The van der Waals surface area contributed by atoms with Crippen LogP contribution in [-0.2, 0) is 17.8 Å². The average molecular weight is 367 g/mol. The van der Waals surface area contributed by atoms with Crippen LogP contribution in [0.15, 0.2) is 36.8 Å². The molecule has 0 spiro atoms. The molecule has 1 saturated heterocycles. The van der Waals surface area contributed by atoms with Crippen LogP contribution in [-0.4, -0.2) is 43.1 Å². The molecule has 1 N–H and O–H groups in total. The minimum absolute atomic E-state index is 0.0728. The lowest BCUT2D eigenvalue weighted by Crippen LogP contribution is -2.41. The number of carbonyl (C=O) groups excluding carboxylic acids is 1. The maximum absolute atomic E-state index is 12.6. The van der Waals surface area contributed by atoms with Crippen molar-refractivity contribution in [2.75, 3.05) is 37.0 Å². The maximum atomic E-state index is 12.6. The van der Waals surface area contributed by atoms with Crippen LogP contribution in [0.3, 0.4) is 0 Å². The van der Waals surface area contributed by atoms with Crippen molar-refractivity contribution in [2.24, 2.45) is 5.92 Å². The van der Waals surface area contributed by atoms with E-state index < -0.39 is 0 Å². The number of carbonyl (C=O) groups is 1. The molecule has 1 aromatic carbocycles. The van der Waals surface area contributed by atoms with Gasteiger partial charge in [0.05, 0.1) is 11.9 Å². The SMILES string of the molecule is CCc1ccc(CNC(=O)C2CCN(c3cncnc3N(C)C)CC2)cc1. The van der Waals surface area contributed by atoms with E-state index in [9.17, 15) is 4.79 Å². The van der Waals surface area contributed by atoms with E-state index in [1.165, 1.54) is 5.56 Å². The number of amides is 1. The Bertz CT molecular complexity index is 751. The zero-order valence-electron chi connectivity index (χ0n) is 16.5. The molecule has 27 heavy (non-hydrogen) atoms. The van der Waals surface area contributed by atoms with Crippen LogP contribution in [0.1, 0.15) is 30.9 Å². The summed E-state index contributed by atoms with van der Waals surface area (Å²) in [7, 11) is 3.97. The number of aryl methyl sites for hydroxylation is 1. The lowest BCUT2D eigenvalue weighted by atomic mass is 9.95. The van der Waals surface area contributed by atoms with Crippen molar-refractivity contribution in [3.05, 3.63) is 47.9 Å². The third-order valence-electron chi connectivity index (χ3n) is 5.20. The Morgan fingerprint density at radius 1 is 1.19 bits per heavy atom. The van der Waals surface area contributed by atoms with Crippen LogP contribution in [0.4, 0.5) is 11.5 Å². The van der Waals surface area contributed by atoms with Crippen LogP contribution >= 0.6 is 0 Å². The number of nitrogens with one attached hydrogen (secondary N) is 1. The van der Waals surface area contributed by atoms with Crippen molar-refractivity contribution in [1.29, 1.82) is 0 Å². The molecule has 6 nitrogen and oxygen atoms in total. The molecule has 1 aromatic heterocycles. The summed E-state index contributed by atoms with van der Waals surface area (Å²) >= 11 is 0. The first-order chi connectivity index (χ1) is 13.1. The summed E-state index contributed by atoms with van der Waals surface area (Å²) in [6, 6.07) is 8.45. The second-order valence-electron chi connectivity index (χ2n) is 7.28. The zero-order chi connectivity index (χ0) is 19.2. The van der Waals surface area contributed by atoms with Crippen molar-refractivity contribution in [3.8, 4) is 0 Å². The van der Waals surface area contributed by atoms with E-state index in [0.717, 1.165) is 49.4 Å². The van der Waals surface area contributed by atoms with Gasteiger partial charge in [0.15, 0.2) is 5.82 Å². The summed E-state index contributed by atoms with van der Waals surface area (Å²) in [5.41, 5.74) is 3.51. The van der Waals surface area contributed by atoms with Gasteiger partial charge in [0.2, 0.25) is 5.91 Å². The molecule has 1 aliphatic heterocycles. The Hall–Kier alpha value is -2.63. The second-order valence-corrected chi connectivity index (χ2v) is 7.28. The first-order valence-corrected chi connectivity index (χ1v) is 9.66. The molecule has 144 valence electrons. The number of hydrogen-bond donors (Lipinski definition) is 1. The zero-order valence-corrected chi connectivity index (χ0v) is 16.5. The smallest absolute Gasteiger partial charge is 0.223 e. The number of nitrogens with zero attached hydrogens (tertiary/aromatic N) is 4. The fourth-order valence-electron chi connectivity index (χ4n) is 3.49. The standard InChI is InChI=1S/C21H29N5O/c1-4-16-5-7-17(8-6-16)13-23-21(27)18-9-11-26(12-10-18)19-14-22-15-24-20(19)25(2)3/h5-8,14-15,18H,4,9-13H2,1-3H3,(H,23,27). The fraction of sp³-hybridized carbons (Fsp3) is 0.476. The summed E-state index contributed by atoms with van der Waals surface area (Å²) in [5, 5.41) is 3.10. The average Bonchev–Trinajstić information content (AvgIpc) is 2.72. The van der Waals surface area contributed by atoms with Crippen LogP contribution in [0.25, 0.3) is 0 Å². The number of anilines is 2. The van der Waals surface area contributed by atoms with Crippen molar-refractivity contribution in [3.63, 3.8) is 0 Å². The monoisotopic (exact) mass is 367 g/mol. The highest BCUT2D eigenvalue weighted by Gasteiger charge is 2.26. The molecule has 3 rings (SSSR count). The third-order valence-corrected chi connectivity index (χ3v) is 5.20. The van der Waals surface area contributed by atoms with Gasteiger partial charge in [-0.15, -0.1) is 0 Å². The van der Waals surface area contributed by atoms with Crippen molar-refractivity contribution in [1.82, 2.24) is 15.3 Å². The summed E-state index contributed by atoms with van der Waals surface area (Å²) in [5.74, 6) is 1.15. The van der Waals surface area contributed by atoms with E-state index in [1.54, 1.807) is 6.33 Å². The highest BCUT2D eigenvalue weighted by molar-refractivity contribution is 5.79. The van der Waals surface area contributed by atoms with Crippen LogP contribution in [0, 0.1) is 5.92 Å². The third kappa shape index (κ3) is 4.76. The molecule has 0 saturated carbocycles. The molecule has 6 heteroatoms. The first kappa shape index (κ1) is 19.1. The van der Waals surface area contributed by atoms with Gasteiger partial charge in [-0.3, -0.25) is 4.79 Å². The van der Waals surface area contributed by atoms with Gasteiger partial charge in [0.1, 0.15) is 6.33 Å². The van der Waals surface area contributed by atoms with Gasteiger partial charge in [-0.2, -0.15) is 0 Å². The van der Waals surface area contributed by atoms with Gasteiger partial charge >= 0.3 is 0 Å². The lowest BCUT2D eigenvalue weighted by Gasteiger charge is -2.34. The number of rotatable bonds is 6. The number of hydrogen-bond acceptors (Lipinski definition) is 5. The van der Waals surface area contributed by atoms with Gasteiger partial charge in [0.25, 0.3) is 0 Å². The molecule has 1 aliphatic rings. The van der Waals surface area contributed by atoms with Gasteiger partial charge in [-0.05, 0) is 30.4 Å². The topological polar surface area (TPSA) is 61.4 Å². The summed E-state index contributed by atoms with van der Waals surface area (Å²) in [4.78, 5) is 25.4. The first-order valence-electron chi connectivity index (χ1n) is 9.66. The summed E-state index contributed by atoms with van der Waals surface area (Å²) in [6.07, 6.45) is 6.17. The molecule has 0 bridgehead atoms. The largest absolute Gasteiger partial charge is 0.367 e. The van der Waals surface area contributed by atoms with Gasteiger partial charge in [0, 0.05) is 39.6 Å². The molecular weight excluding hydrogens is 338 g/mol. The highest BCUT2D eigenvalue weighted by Crippen LogP contribution is 2.28. The summed E-state index contributed by atoms with van der Waals surface area (Å²) in [6.45, 7) is 4.43. The molecule has 0 aliphatic carbocycles. The lowest BCUT2D eigenvalue weighted by molar-refractivity contribution is -0.125. The van der Waals surface area contributed by atoms with Crippen molar-refractivity contribution in [2.45, 2.75) is 32.7 Å². The number of aromatic nitrogens is 2. The molecule has 0 radical (unpaired) electrons. The van der Waals surface area contributed by atoms with E-state index in [0.29, 0.717) is 6.54 Å². The van der Waals surface area contributed by atoms with E-state index in [4.69, 9.17) is 0 Å². The van der Waals surface area contributed by atoms with Crippen molar-refractivity contribution >= 4 is 17.4 Å². The molecule has 1 fully saturated rings. The molecular formula is C21H29N5O. The normalized spacial score (nSPS) is 14.9. The predicted octanol–water partition coefficient (Wildman–Crippen LogP) is 2.64. The number of benzene rings is 1. The van der Waals surface area contributed by atoms with E-state index >= 15 is 0 Å². The van der Waals surface area contributed by atoms with Gasteiger partial charge in [-0.25, -0.2) is 9.97 Å². The van der Waals surface area contributed by atoms with E-state index in [1.807, 2.05) is 25.2 Å². The maximum Gasteiger partial charge on any atom is 0.223 e. The molecule has 1 amide bonds. The van der Waals surface area contributed by atoms with Gasteiger partial charge < -0.3 is 15.1 Å². The van der Waals surface area contributed by atoms with Crippen LogP contribution < -0.4 is 15.1 Å². The minimum Gasteiger partial charge on any atom is -0.367 e. The van der Waals surface area contributed by atoms with Crippen LogP contribution in [0.5, 0.6) is 0 Å². The Kier molecular flexibility index (Phi) is 6.27. The van der Waals surface area contributed by atoms with Gasteiger partial charge in [-0.1, -0.05) is 31.2 Å². The van der Waals surface area contributed by atoms with Crippen molar-refractivity contribution < 1.29 is 4.79 Å². The highest BCUT2D eigenvalue weighted by atomic mass is 16.1. The molecule has 0 unspecified atom stereocenters.